The minimum Gasteiger partial charge on any atom is -0.480 e. The molecular formula is C11H13ClN2O3. The largest absolute Gasteiger partial charge is 0.480 e. The Labute approximate surface area is 104 Å². The van der Waals surface area contributed by atoms with Crippen molar-refractivity contribution in [2.75, 3.05) is 5.32 Å². The van der Waals surface area contributed by atoms with Gasteiger partial charge in [-0.15, -0.1) is 0 Å². The predicted octanol–water partition coefficient (Wildman–Crippen LogP) is 1.25. The van der Waals surface area contributed by atoms with E-state index in [1.807, 2.05) is 0 Å². The average Bonchev–Trinajstić information content (AvgIpc) is 2.22. The van der Waals surface area contributed by atoms with Crippen LogP contribution in [-0.2, 0) is 16.0 Å². The highest BCUT2D eigenvalue weighted by molar-refractivity contribution is 6.33. The van der Waals surface area contributed by atoms with Crippen LogP contribution < -0.4 is 11.1 Å². The molecule has 1 aromatic rings. The highest BCUT2D eigenvalue weighted by Gasteiger charge is 2.13. The molecule has 0 radical (unpaired) electrons. The number of rotatable bonds is 4. The second kappa shape index (κ2) is 5.65. The maximum absolute atomic E-state index is 10.9. The molecule has 1 rings (SSSR count). The zero-order valence-corrected chi connectivity index (χ0v) is 9.99. The number of carbonyl (C=O) groups is 2. The minimum atomic E-state index is -1.07. The van der Waals surface area contributed by atoms with Crippen molar-refractivity contribution < 1.29 is 14.7 Å². The van der Waals surface area contributed by atoms with E-state index in [9.17, 15) is 9.59 Å². The summed E-state index contributed by atoms with van der Waals surface area (Å²) in [6, 6.07) is 3.92. The van der Waals surface area contributed by atoms with Crippen LogP contribution in [0.1, 0.15) is 12.5 Å². The van der Waals surface area contributed by atoms with E-state index in [-0.39, 0.29) is 12.3 Å². The number of hydrogen-bond acceptors (Lipinski definition) is 3. The third-order valence-electron chi connectivity index (χ3n) is 2.11. The lowest BCUT2D eigenvalue weighted by Gasteiger charge is -2.10. The zero-order chi connectivity index (χ0) is 13.0. The first-order valence-electron chi connectivity index (χ1n) is 4.94. The van der Waals surface area contributed by atoms with E-state index in [1.165, 1.54) is 6.92 Å². The van der Waals surface area contributed by atoms with E-state index in [1.54, 1.807) is 18.2 Å². The van der Waals surface area contributed by atoms with Crippen LogP contribution in [0.2, 0.25) is 5.02 Å². The summed E-state index contributed by atoms with van der Waals surface area (Å²) in [5, 5.41) is 11.6. The fourth-order valence-electron chi connectivity index (χ4n) is 1.33. The molecule has 0 aliphatic rings. The van der Waals surface area contributed by atoms with Gasteiger partial charge in [-0.2, -0.15) is 0 Å². The number of anilines is 1. The molecule has 0 aliphatic carbocycles. The Balaban J connectivity index is 2.88. The van der Waals surface area contributed by atoms with Crippen LogP contribution in [-0.4, -0.2) is 23.0 Å². The Morgan fingerprint density at radius 3 is 2.71 bits per heavy atom. The molecule has 0 fully saturated rings. The normalized spacial score (nSPS) is 11.9. The van der Waals surface area contributed by atoms with Gasteiger partial charge in [0.1, 0.15) is 6.04 Å². The van der Waals surface area contributed by atoms with E-state index in [2.05, 4.69) is 5.32 Å². The monoisotopic (exact) mass is 256 g/mol. The van der Waals surface area contributed by atoms with Crippen LogP contribution in [0, 0.1) is 0 Å². The third-order valence-corrected chi connectivity index (χ3v) is 2.44. The summed E-state index contributed by atoms with van der Waals surface area (Å²) >= 11 is 5.88. The summed E-state index contributed by atoms with van der Waals surface area (Å²) in [7, 11) is 0. The van der Waals surface area contributed by atoms with Gasteiger partial charge in [-0.25, -0.2) is 0 Å². The Bertz CT molecular complexity index is 448. The maximum Gasteiger partial charge on any atom is 0.320 e. The Morgan fingerprint density at radius 1 is 1.53 bits per heavy atom. The summed E-state index contributed by atoms with van der Waals surface area (Å²) in [5.41, 5.74) is 6.57. The molecule has 92 valence electrons. The number of halogens is 1. The molecule has 1 aromatic carbocycles. The predicted molar refractivity (Wildman–Crippen MR) is 65.1 cm³/mol. The standard InChI is InChI=1S/C11H13ClN2O3/c1-6(15)14-10-5-7(2-3-8(10)12)4-9(13)11(16)17/h2-3,5,9H,4,13H2,1H3,(H,14,15)(H,16,17). The molecule has 1 unspecified atom stereocenters. The molecule has 6 heteroatoms. The zero-order valence-electron chi connectivity index (χ0n) is 9.24. The lowest BCUT2D eigenvalue weighted by atomic mass is 10.1. The number of hydrogen-bond donors (Lipinski definition) is 3. The summed E-state index contributed by atoms with van der Waals surface area (Å²) in [6.07, 6.45) is 0.180. The first-order chi connectivity index (χ1) is 7.90. The van der Waals surface area contributed by atoms with Crippen LogP contribution in [0.5, 0.6) is 0 Å². The van der Waals surface area contributed by atoms with Gasteiger partial charge in [-0.05, 0) is 24.1 Å². The van der Waals surface area contributed by atoms with Gasteiger partial charge in [0.15, 0.2) is 0 Å². The van der Waals surface area contributed by atoms with Gasteiger partial charge in [0, 0.05) is 6.92 Å². The van der Waals surface area contributed by atoms with E-state index in [4.69, 9.17) is 22.4 Å². The SMILES string of the molecule is CC(=O)Nc1cc(CC(N)C(=O)O)ccc1Cl. The number of aliphatic carboxylic acids is 1. The topological polar surface area (TPSA) is 92.4 Å². The fourth-order valence-corrected chi connectivity index (χ4v) is 1.49. The number of nitrogens with one attached hydrogen (secondary N) is 1. The van der Waals surface area contributed by atoms with E-state index in [0.29, 0.717) is 16.3 Å². The van der Waals surface area contributed by atoms with Crippen LogP contribution in [0.25, 0.3) is 0 Å². The number of carbonyl (C=O) groups excluding carboxylic acids is 1. The molecule has 17 heavy (non-hydrogen) atoms. The van der Waals surface area contributed by atoms with Gasteiger partial charge in [-0.3, -0.25) is 9.59 Å². The first-order valence-corrected chi connectivity index (χ1v) is 5.32. The number of benzene rings is 1. The van der Waals surface area contributed by atoms with Crippen LogP contribution in [0.15, 0.2) is 18.2 Å². The van der Waals surface area contributed by atoms with Crippen LogP contribution in [0.3, 0.4) is 0 Å². The molecule has 0 aromatic heterocycles. The molecule has 0 bridgehead atoms. The van der Waals surface area contributed by atoms with Gasteiger partial charge in [0.25, 0.3) is 0 Å². The molecule has 5 nitrogen and oxygen atoms in total. The molecule has 4 N–H and O–H groups in total. The third kappa shape index (κ3) is 4.05. The van der Waals surface area contributed by atoms with Gasteiger partial charge in [0.2, 0.25) is 5.91 Å². The van der Waals surface area contributed by atoms with Crippen molar-refractivity contribution >= 4 is 29.2 Å². The van der Waals surface area contributed by atoms with Crippen molar-refractivity contribution in [1.82, 2.24) is 0 Å². The summed E-state index contributed by atoms with van der Waals surface area (Å²) in [4.78, 5) is 21.5. The lowest BCUT2D eigenvalue weighted by molar-refractivity contribution is -0.138. The first kappa shape index (κ1) is 13.5. The highest BCUT2D eigenvalue weighted by atomic mass is 35.5. The second-order valence-corrected chi connectivity index (χ2v) is 4.05. The number of carboxylic acids is 1. The van der Waals surface area contributed by atoms with E-state index < -0.39 is 12.0 Å². The Hall–Kier alpha value is -1.59. The molecule has 1 amide bonds. The summed E-state index contributed by atoms with van der Waals surface area (Å²) in [5.74, 6) is -1.31. The lowest BCUT2D eigenvalue weighted by Crippen LogP contribution is -2.32. The Morgan fingerprint density at radius 2 is 2.18 bits per heavy atom. The molecule has 0 saturated carbocycles. The minimum absolute atomic E-state index is 0.180. The van der Waals surface area contributed by atoms with Crippen molar-refractivity contribution in [3.63, 3.8) is 0 Å². The highest BCUT2D eigenvalue weighted by Crippen LogP contribution is 2.23. The van der Waals surface area contributed by atoms with Crippen LogP contribution >= 0.6 is 11.6 Å². The number of amides is 1. The summed E-state index contributed by atoms with van der Waals surface area (Å²) in [6.45, 7) is 1.37. The molecule has 1 atom stereocenters. The average molecular weight is 257 g/mol. The van der Waals surface area contributed by atoms with Crippen molar-refractivity contribution in [2.24, 2.45) is 5.73 Å². The van der Waals surface area contributed by atoms with Crippen molar-refractivity contribution in [2.45, 2.75) is 19.4 Å². The van der Waals surface area contributed by atoms with Crippen molar-refractivity contribution in [3.05, 3.63) is 28.8 Å². The van der Waals surface area contributed by atoms with Crippen LogP contribution in [0.4, 0.5) is 5.69 Å². The van der Waals surface area contributed by atoms with Crippen molar-refractivity contribution in [1.29, 1.82) is 0 Å². The second-order valence-electron chi connectivity index (χ2n) is 3.64. The molecule has 0 aliphatic heterocycles. The molecule has 0 spiro atoms. The summed E-state index contributed by atoms with van der Waals surface area (Å²) < 4.78 is 0. The fraction of sp³-hybridized carbons (Fsp3) is 0.273. The quantitative estimate of drug-likeness (QED) is 0.756. The van der Waals surface area contributed by atoms with Crippen molar-refractivity contribution in [3.8, 4) is 0 Å². The smallest absolute Gasteiger partial charge is 0.320 e. The van der Waals surface area contributed by atoms with Gasteiger partial charge in [0.05, 0.1) is 10.7 Å². The number of nitrogens with two attached hydrogens (primary N) is 1. The Kier molecular flexibility index (Phi) is 4.48. The molecular weight excluding hydrogens is 244 g/mol. The van der Waals surface area contributed by atoms with Gasteiger partial charge >= 0.3 is 5.97 Å². The van der Waals surface area contributed by atoms with Gasteiger partial charge < -0.3 is 16.2 Å². The van der Waals surface area contributed by atoms with E-state index >= 15 is 0 Å². The van der Waals surface area contributed by atoms with E-state index in [0.717, 1.165) is 0 Å². The van der Waals surface area contributed by atoms with Gasteiger partial charge in [-0.1, -0.05) is 17.7 Å². The molecule has 0 saturated heterocycles. The number of carboxylic acid groups (broad SMARTS) is 1. The molecule has 0 heterocycles. The maximum atomic E-state index is 10.9.